The van der Waals surface area contributed by atoms with E-state index >= 15 is 0 Å². The van der Waals surface area contributed by atoms with Gasteiger partial charge in [-0.15, -0.1) is 0 Å². The molecule has 20 heavy (non-hydrogen) atoms. The Bertz CT molecular complexity index is 451. The lowest BCUT2D eigenvalue weighted by molar-refractivity contribution is 0.178. The molecule has 5 heteroatoms. The molecular formula is C15H25FN4. The molecule has 0 bridgehead atoms. The second-order valence-corrected chi connectivity index (χ2v) is 5.81. The fourth-order valence-electron chi connectivity index (χ4n) is 3.06. The molecule has 0 aromatic heterocycles. The van der Waals surface area contributed by atoms with Crippen LogP contribution in [0.15, 0.2) is 18.2 Å². The molecular weight excluding hydrogens is 255 g/mol. The third kappa shape index (κ3) is 3.35. The number of likely N-dealkylation sites (N-methyl/N-ethyl adjacent to an activating group) is 2. The van der Waals surface area contributed by atoms with Crippen LogP contribution >= 0.6 is 0 Å². The van der Waals surface area contributed by atoms with Gasteiger partial charge in [-0.3, -0.25) is 11.3 Å². The number of halogens is 1. The molecule has 0 aliphatic carbocycles. The molecule has 1 aromatic carbocycles. The molecule has 1 aromatic rings. The van der Waals surface area contributed by atoms with Gasteiger partial charge < -0.3 is 9.80 Å². The molecule has 2 rings (SSSR count). The fraction of sp³-hybridized carbons (Fsp3) is 0.600. The molecule has 0 radical (unpaired) electrons. The van der Waals surface area contributed by atoms with Gasteiger partial charge in [0, 0.05) is 12.6 Å². The quantitative estimate of drug-likeness (QED) is 0.646. The van der Waals surface area contributed by atoms with Crippen molar-refractivity contribution in [3.8, 4) is 0 Å². The van der Waals surface area contributed by atoms with Crippen LogP contribution in [0.4, 0.5) is 4.39 Å². The first-order chi connectivity index (χ1) is 9.52. The normalized spacial score (nSPS) is 23.6. The largest absolute Gasteiger partial charge is 0.305 e. The van der Waals surface area contributed by atoms with Gasteiger partial charge in [0.05, 0.1) is 6.04 Å². The Labute approximate surface area is 120 Å². The lowest BCUT2D eigenvalue weighted by Crippen LogP contribution is -2.49. The van der Waals surface area contributed by atoms with Gasteiger partial charge in [0.2, 0.25) is 0 Å². The Morgan fingerprint density at radius 3 is 2.75 bits per heavy atom. The summed E-state index contributed by atoms with van der Waals surface area (Å²) in [5, 5.41) is 0. The van der Waals surface area contributed by atoms with E-state index in [1.165, 1.54) is 6.07 Å². The highest BCUT2D eigenvalue weighted by Crippen LogP contribution is 2.25. The summed E-state index contributed by atoms with van der Waals surface area (Å²) in [5.74, 6) is 5.61. The van der Waals surface area contributed by atoms with Crippen molar-refractivity contribution >= 4 is 0 Å². The Morgan fingerprint density at radius 1 is 1.35 bits per heavy atom. The summed E-state index contributed by atoms with van der Waals surface area (Å²) in [6.07, 6.45) is 1.16. The molecule has 2 atom stereocenters. The predicted molar refractivity (Wildman–Crippen MR) is 79.7 cm³/mol. The molecule has 1 heterocycles. The van der Waals surface area contributed by atoms with Crippen molar-refractivity contribution in [2.24, 2.45) is 5.84 Å². The van der Waals surface area contributed by atoms with Gasteiger partial charge in [-0.05, 0) is 63.8 Å². The summed E-state index contributed by atoms with van der Waals surface area (Å²) in [6, 6.07) is 5.19. The van der Waals surface area contributed by atoms with E-state index in [0.29, 0.717) is 0 Å². The molecule has 0 spiro atoms. The van der Waals surface area contributed by atoms with Crippen molar-refractivity contribution in [2.45, 2.75) is 25.4 Å². The van der Waals surface area contributed by atoms with Crippen LogP contribution < -0.4 is 11.3 Å². The Balaban J connectivity index is 2.29. The van der Waals surface area contributed by atoms with E-state index in [9.17, 15) is 4.39 Å². The zero-order valence-corrected chi connectivity index (χ0v) is 12.6. The van der Waals surface area contributed by atoms with Crippen LogP contribution in [0.25, 0.3) is 0 Å². The second-order valence-electron chi connectivity index (χ2n) is 5.81. The Kier molecular flexibility index (Phi) is 5.10. The number of hydrogen-bond donors (Lipinski definition) is 2. The molecule has 1 aliphatic heterocycles. The number of rotatable bonds is 3. The van der Waals surface area contributed by atoms with E-state index in [1.54, 1.807) is 6.07 Å². The zero-order chi connectivity index (χ0) is 14.7. The minimum Gasteiger partial charge on any atom is -0.305 e. The van der Waals surface area contributed by atoms with E-state index < -0.39 is 0 Å². The molecule has 4 nitrogen and oxygen atoms in total. The number of benzene rings is 1. The molecule has 1 aliphatic rings. The van der Waals surface area contributed by atoms with Gasteiger partial charge in [0.15, 0.2) is 0 Å². The topological polar surface area (TPSA) is 44.5 Å². The standard InChI is InChI=1S/C15H25FN4/c1-11-9-12(16)5-6-13(11)15(18-17)14-10-19(2)7-4-8-20(14)3/h5-6,9,14-15,18H,4,7-8,10,17H2,1-3H3. The molecule has 1 saturated heterocycles. The van der Waals surface area contributed by atoms with Crippen molar-refractivity contribution < 1.29 is 4.39 Å². The number of hydrogen-bond acceptors (Lipinski definition) is 4. The van der Waals surface area contributed by atoms with Crippen molar-refractivity contribution in [1.29, 1.82) is 0 Å². The summed E-state index contributed by atoms with van der Waals surface area (Å²) in [4.78, 5) is 4.67. The minimum absolute atomic E-state index is 0.00106. The SMILES string of the molecule is Cc1cc(F)ccc1C(NN)C1CN(C)CCCN1C. The monoisotopic (exact) mass is 280 g/mol. The Morgan fingerprint density at radius 2 is 2.10 bits per heavy atom. The average molecular weight is 280 g/mol. The highest BCUT2D eigenvalue weighted by molar-refractivity contribution is 5.30. The van der Waals surface area contributed by atoms with Crippen LogP contribution in [0.2, 0.25) is 0 Å². The molecule has 2 unspecified atom stereocenters. The first kappa shape index (κ1) is 15.4. The number of hydrazine groups is 1. The third-order valence-electron chi connectivity index (χ3n) is 4.25. The number of nitrogens with one attached hydrogen (secondary N) is 1. The lowest BCUT2D eigenvalue weighted by Gasteiger charge is -2.35. The van der Waals surface area contributed by atoms with Crippen LogP contribution in [-0.4, -0.2) is 49.6 Å². The summed E-state index contributed by atoms with van der Waals surface area (Å²) in [5.41, 5.74) is 4.94. The maximum Gasteiger partial charge on any atom is 0.123 e. The van der Waals surface area contributed by atoms with Crippen LogP contribution in [0.3, 0.4) is 0 Å². The van der Waals surface area contributed by atoms with Crippen LogP contribution in [0.1, 0.15) is 23.6 Å². The van der Waals surface area contributed by atoms with Crippen molar-refractivity contribution in [1.82, 2.24) is 15.2 Å². The maximum atomic E-state index is 13.3. The van der Waals surface area contributed by atoms with E-state index in [1.807, 2.05) is 13.0 Å². The van der Waals surface area contributed by atoms with Crippen molar-refractivity contribution in [3.63, 3.8) is 0 Å². The first-order valence-electron chi connectivity index (χ1n) is 7.14. The average Bonchev–Trinajstić information content (AvgIpc) is 2.55. The van der Waals surface area contributed by atoms with Gasteiger partial charge in [-0.1, -0.05) is 6.07 Å². The molecule has 0 amide bonds. The summed E-state index contributed by atoms with van der Waals surface area (Å²) in [6.45, 7) is 5.03. The molecule has 1 fully saturated rings. The van der Waals surface area contributed by atoms with E-state index in [0.717, 1.165) is 37.2 Å². The second kappa shape index (κ2) is 6.63. The summed E-state index contributed by atoms with van der Waals surface area (Å²) in [7, 11) is 4.27. The number of aryl methyl sites for hydroxylation is 1. The highest BCUT2D eigenvalue weighted by atomic mass is 19.1. The van der Waals surface area contributed by atoms with Gasteiger partial charge in [-0.2, -0.15) is 0 Å². The third-order valence-corrected chi connectivity index (χ3v) is 4.25. The Hall–Kier alpha value is -1.01. The lowest BCUT2D eigenvalue weighted by atomic mass is 9.94. The van der Waals surface area contributed by atoms with Gasteiger partial charge in [0.25, 0.3) is 0 Å². The number of nitrogens with zero attached hydrogens (tertiary/aromatic N) is 2. The zero-order valence-electron chi connectivity index (χ0n) is 12.6. The van der Waals surface area contributed by atoms with Crippen molar-refractivity contribution in [3.05, 3.63) is 35.1 Å². The van der Waals surface area contributed by atoms with Gasteiger partial charge >= 0.3 is 0 Å². The smallest absolute Gasteiger partial charge is 0.123 e. The van der Waals surface area contributed by atoms with E-state index in [-0.39, 0.29) is 17.9 Å². The minimum atomic E-state index is -0.201. The fourth-order valence-corrected chi connectivity index (χ4v) is 3.06. The first-order valence-corrected chi connectivity index (χ1v) is 7.14. The molecule has 3 N–H and O–H groups in total. The highest BCUT2D eigenvalue weighted by Gasteiger charge is 2.29. The van der Waals surface area contributed by atoms with Gasteiger partial charge in [-0.25, -0.2) is 4.39 Å². The van der Waals surface area contributed by atoms with Crippen LogP contribution in [0.5, 0.6) is 0 Å². The maximum absolute atomic E-state index is 13.3. The molecule has 0 saturated carbocycles. The summed E-state index contributed by atoms with van der Waals surface area (Å²) >= 11 is 0. The van der Waals surface area contributed by atoms with E-state index in [2.05, 4.69) is 29.3 Å². The predicted octanol–water partition coefficient (Wildman–Crippen LogP) is 1.27. The van der Waals surface area contributed by atoms with Crippen LogP contribution in [-0.2, 0) is 0 Å². The molecule has 112 valence electrons. The van der Waals surface area contributed by atoms with Gasteiger partial charge in [0.1, 0.15) is 5.82 Å². The van der Waals surface area contributed by atoms with Crippen molar-refractivity contribution in [2.75, 3.05) is 33.7 Å². The summed E-state index contributed by atoms with van der Waals surface area (Å²) < 4.78 is 13.3. The van der Waals surface area contributed by atoms with Crippen LogP contribution in [0, 0.1) is 12.7 Å². The number of nitrogens with two attached hydrogens (primary N) is 1. The van der Waals surface area contributed by atoms with E-state index in [4.69, 9.17) is 5.84 Å².